The highest BCUT2D eigenvalue weighted by atomic mass is 32.2. The summed E-state index contributed by atoms with van der Waals surface area (Å²) in [7, 11) is 1.93. The smallest absolute Gasteiger partial charge is 0.228 e. The van der Waals surface area contributed by atoms with E-state index in [1.807, 2.05) is 36.3 Å². The van der Waals surface area contributed by atoms with Gasteiger partial charge in [-0.2, -0.15) is 5.10 Å². The molecule has 1 aromatic carbocycles. The summed E-state index contributed by atoms with van der Waals surface area (Å²) in [6.07, 6.45) is 6.07. The summed E-state index contributed by atoms with van der Waals surface area (Å²) >= 11 is 1.78. The molecule has 126 valence electrons. The molecule has 6 heteroatoms. The van der Waals surface area contributed by atoms with Gasteiger partial charge in [0.1, 0.15) is 0 Å². The molecule has 0 radical (unpaired) electrons. The molecule has 3 heterocycles. The lowest BCUT2D eigenvalue weighted by molar-refractivity contribution is -0.122. The highest BCUT2D eigenvalue weighted by molar-refractivity contribution is 7.99. The number of fused-ring (bicyclic) bond motifs is 1. The summed E-state index contributed by atoms with van der Waals surface area (Å²) in [4.78, 5) is 16.3. The topological polar surface area (TPSA) is 50.2 Å². The van der Waals surface area contributed by atoms with Crippen LogP contribution in [0, 0.1) is 0 Å². The van der Waals surface area contributed by atoms with Crippen molar-refractivity contribution < 1.29 is 4.79 Å². The minimum absolute atomic E-state index is 0.0139. The lowest BCUT2D eigenvalue weighted by Crippen LogP contribution is -2.49. The Bertz CT molecular complexity index is 744. The third-order valence-electron chi connectivity index (χ3n) is 4.84. The number of aryl methyl sites for hydroxylation is 1. The fourth-order valence-electron chi connectivity index (χ4n) is 3.58. The number of thioether (sulfide) groups is 1. The van der Waals surface area contributed by atoms with Crippen LogP contribution in [0.3, 0.4) is 0 Å². The number of carbonyl (C=O) groups is 1. The molecule has 2 aromatic rings. The lowest BCUT2D eigenvalue weighted by atomic mass is 9.99. The van der Waals surface area contributed by atoms with Gasteiger partial charge in [-0.1, -0.05) is 18.2 Å². The van der Waals surface area contributed by atoms with E-state index >= 15 is 0 Å². The Morgan fingerprint density at radius 3 is 3.08 bits per heavy atom. The van der Waals surface area contributed by atoms with Gasteiger partial charge in [-0.15, -0.1) is 11.8 Å². The van der Waals surface area contributed by atoms with Gasteiger partial charge in [-0.05, 0) is 24.5 Å². The largest absolute Gasteiger partial charge is 0.367 e. The quantitative estimate of drug-likeness (QED) is 0.931. The summed E-state index contributed by atoms with van der Waals surface area (Å²) in [5, 5.41) is 7.54. The molecular weight excluding hydrogens is 320 g/mol. The van der Waals surface area contributed by atoms with Crippen molar-refractivity contribution in [1.82, 2.24) is 15.1 Å². The zero-order valence-electron chi connectivity index (χ0n) is 13.8. The van der Waals surface area contributed by atoms with Gasteiger partial charge in [-0.25, -0.2) is 0 Å². The Hall–Kier alpha value is -1.95. The Balaban J connectivity index is 1.41. The SMILES string of the molecule is Cn1cc(N2CCC[C@H](NC(=O)[C@H]3CSc4ccccc43)C2)cn1. The summed E-state index contributed by atoms with van der Waals surface area (Å²) < 4.78 is 1.82. The van der Waals surface area contributed by atoms with Gasteiger partial charge in [0, 0.05) is 43.0 Å². The molecule has 24 heavy (non-hydrogen) atoms. The fraction of sp³-hybridized carbons (Fsp3) is 0.444. The van der Waals surface area contributed by atoms with Crippen LogP contribution < -0.4 is 10.2 Å². The molecule has 0 saturated carbocycles. The molecule has 1 fully saturated rings. The summed E-state index contributed by atoms with van der Waals surface area (Å²) in [5.74, 6) is 1.01. The van der Waals surface area contributed by atoms with Gasteiger partial charge in [0.15, 0.2) is 0 Å². The zero-order chi connectivity index (χ0) is 16.5. The van der Waals surface area contributed by atoms with Crippen LogP contribution in [0.2, 0.25) is 0 Å². The minimum atomic E-state index is -0.0139. The van der Waals surface area contributed by atoms with E-state index in [9.17, 15) is 4.79 Å². The number of hydrogen-bond donors (Lipinski definition) is 1. The number of piperidine rings is 1. The first-order valence-corrected chi connectivity index (χ1v) is 9.45. The molecule has 1 saturated heterocycles. The standard InChI is InChI=1S/C18H22N4OS/c1-21-11-14(9-19-21)22-8-4-5-13(10-22)20-18(23)16-12-24-17-7-3-2-6-15(16)17/h2-3,6-7,9,11,13,16H,4-5,8,10,12H2,1H3,(H,20,23)/t13-,16-/m0/s1. The van der Waals surface area contributed by atoms with Crippen molar-refractivity contribution >= 4 is 23.4 Å². The minimum Gasteiger partial charge on any atom is -0.367 e. The van der Waals surface area contributed by atoms with E-state index in [4.69, 9.17) is 0 Å². The van der Waals surface area contributed by atoms with E-state index in [1.54, 1.807) is 11.8 Å². The molecule has 0 aliphatic carbocycles. The molecular formula is C18H22N4OS. The third-order valence-corrected chi connectivity index (χ3v) is 6.02. The Morgan fingerprint density at radius 2 is 2.25 bits per heavy atom. The number of anilines is 1. The Morgan fingerprint density at radius 1 is 1.38 bits per heavy atom. The first-order chi connectivity index (χ1) is 11.7. The normalized spacial score (nSPS) is 23.1. The number of amides is 1. The van der Waals surface area contributed by atoms with Crippen LogP contribution in [0.25, 0.3) is 0 Å². The monoisotopic (exact) mass is 342 g/mol. The lowest BCUT2D eigenvalue weighted by Gasteiger charge is -2.34. The molecule has 0 spiro atoms. The van der Waals surface area contributed by atoms with Gasteiger partial charge < -0.3 is 10.2 Å². The first-order valence-electron chi connectivity index (χ1n) is 8.46. The molecule has 2 atom stereocenters. The zero-order valence-corrected chi connectivity index (χ0v) is 14.6. The predicted molar refractivity (Wildman–Crippen MR) is 96.5 cm³/mol. The highest BCUT2D eigenvalue weighted by Gasteiger charge is 2.31. The van der Waals surface area contributed by atoms with Crippen LogP contribution in [0.1, 0.15) is 24.3 Å². The molecule has 1 N–H and O–H groups in total. The van der Waals surface area contributed by atoms with Crippen molar-refractivity contribution in [3.05, 3.63) is 42.2 Å². The third kappa shape index (κ3) is 3.02. The molecule has 4 rings (SSSR count). The maximum Gasteiger partial charge on any atom is 0.228 e. The van der Waals surface area contributed by atoms with Gasteiger partial charge in [-0.3, -0.25) is 9.48 Å². The van der Waals surface area contributed by atoms with E-state index in [-0.39, 0.29) is 17.9 Å². The van der Waals surface area contributed by atoms with E-state index < -0.39 is 0 Å². The average molecular weight is 342 g/mol. The van der Waals surface area contributed by atoms with E-state index in [0.717, 1.165) is 37.4 Å². The molecule has 1 amide bonds. The first kappa shape index (κ1) is 15.6. The van der Waals surface area contributed by atoms with Crippen molar-refractivity contribution in [1.29, 1.82) is 0 Å². The van der Waals surface area contributed by atoms with Gasteiger partial charge >= 0.3 is 0 Å². The molecule has 2 aliphatic rings. The average Bonchev–Trinajstić information content (AvgIpc) is 3.21. The van der Waals surface area contributed by atoms with Crippen LogP contribution in [-0.2, 0) is 11.8 Å². The van der Waals surface area contributed by atoms with E-state index in [2.05, 4.69) is 27.4 Å². The van der Waals surface area contributed by atoms with Crippen molar-refractivity contribution in [2.24, 2.45) is 7.05 Å². The number of carbonyl (C=O) groups excluding carboxylic acids is 1. The maximum atomic E-state index is 12.8. The molecule has 5 nitrogen and oxygen atoms in total. The second-order valence-corrected chi connectivity index (χ2v) is 7.63. The van der Waals surface area contributed by atoms with Gasteiger partial charge in [0.05, 0.1) is 17.8 Å². The van der Waals surface area contributed by atoms with Gasteiger partial charge in [0.2, 0.25) is 5.91 Å². The van der Waals surface area contributed by atoms with Crippen LogP contribution in [-0.4, -0.2) is 40.6 Å². The maximum absolute atomic E-state index is 12.8. The van der Waals surface area contributed by atoms with Crippen LogP contribution in [0.5, 0.6) is 0 Å². The van der Waals surface area contributed by atoms with Gasteiger partial charge in [0.25, 0.3) is 0 Å². The van der Waals surface area contributed by atoms with Crippen molar-refractivity contribution in [2.75, 3.05) is 23.7 Å². The van der Waals surface area contributed by atoms with E-state index in [1.165, 1.54) is 10.5 Å². The predicted octanol–water partition coefficient (Wildman–Crippen LogP) is 2.39. The van der Waals surface area contributed by atoms with E-state index in [0.29, 0.717) is 0 Å². The molecule has 0 bridgehead atoms. The molecule has 2 aliphatic heterocycles. The van der Waals surface area contributed by atoms with Crippen molar-refractivity contribution in [2.45, 2.75) is 29.7 Å². The Kier molecular flexibility index (Phi) is 4.22. The van der Waals surface area contributed by atoms with Crippen molar-refractivity contribution in [3.63, 3.8) is 0 Å². The number of benzene rings is 1. The number of nitrogens with zero attached hydrogens (tertiary/aromatic N) is 3. The van der Waals surface area contributed by atoms with Crippen molar-refractivity contribution in [3.8, 4) is 0 Å². The van der Waals surface area contributed by atoms with Crippen LogP contribution in [0.15, 0.2) is 41.6 Å². The highest BCUT2D eigenvalue weighted by Crippen LogP contribution is 2.39. The summed E-state index contributed by atoms with van der Waals surface area (Å²) in [5.41, 5.74) is 2.32. The second-order valence-electron chi connectivity index (χ2n) is 6.57. The van der Waals surface area contributed by atoms with Crippen LogP contribution >= 0.6 is 11.8 Å². The summed E-state index contributed by atoms with van der Waals surface area (Å²) in [6, 6.07) is 8.47. The number of hydrogen-bond acceptors (Lipinski definition) is 4. The number of nitrogens with one attached hydrogen (secondary N) is 1. The Labute approximate surface area is 146 Å². The molecule has 1 aromatic heterocycles. The summed E-state index contributed by atoms with van der Waals surface area (Å²) in [6.45, 7) is 1.89. The fourth-order valence-corrected chi connectivity index (χ4v) is 4.81. The van der Waals surface area contributed by atoms with Crippen LogP contribution in [0.4, 0.5) is 5.69 Å². The second kappa shape index (κ2) is 6.51. The number of aromatic nitrogens is 2. The number of rotatable bonds is 3. The molecule has 0 unspecified atom stereocenters.